The second-order valence-corrected chi connectivity index (χ2v) is 12.8. The van der Waals surface area contributed by atoms with E-state index in [0.29, 0.717) is 11.3 Å². The number of sulfonamides is 1. The summed E-state index contributed by atoms with van der Waals surface area (Å²) in [5.74, 6) is -2.04. The number of hydroxylamine groups is 1. The van der Waals surface area contributed by atoms with E-state index in [1.54, 1.807) is 30.3 Å². The highest BCUT2D eigenvalue weighted by Gasteiger charge is 2.35. The van der Waals surface area contributed by atoms with E-state index < -0.39 is 43.6 Å². The number of imide groups is 1. The molecule has 1 aromatic heterocycles. The van der Waals surface area contributed by atoms with Crippen LogP contribution in [-0.2, 0) is 24.7 Å². The van der Waals surface area contributed by atoms with Gasteiger partial charge in [0.25, 0.3) is 27.7 Å². The number of thiophene rings is 1. The van der Waals surface area contributed by atoms with Gasteiger partial charge < -0.3 is 0 Å². The number of carbonyl (C=O) groups is 3. The largest absolute Gasteiger partial charge is 0.289 e. The zero-order chi connectivity index (χ0) is 26.8. The first-order valence-corrected chi connectivity index (χ1v) is 14.7. The standard InChI is InChI=1S/C23H21N3O8S3/c27-21(24-30)19(11-6-12-26-22(28)17-9-4-5-10-18(17)23(26)29)25-37(33,34)20-13-16(14-35-20)36(31,32)15-7-2-1-3-8-15/h1-5,7-10,13-14,19,25,30H,6,11-12H2,(H,24,27). The minimum atomic E-state index is -4.37. The summed E-state index contributed by atoms with van der Waals surface area (Å²) in [6, 6.07) is 13.3. The molecule has 0 saturated carbocycles. The molecule has 1 aliphatic heterocycles. The van der Waals surface area contributed by atoms with Crippen molar-refractivity contribution in [2.45, 2.75) is 32.9 Å². The quantitative estimate of drug-likeness (QED) is 0.191. The van der Waals surface area contributed by atoms with Crippen LogP contribution in [0, 0.1) is 0 Å². The van der Waals surface area contributed by atoms with Crippen LogP contribution in [0.5, 0.6) is 0 Å². The molecule has 1 atom stereocenters. The number of rotatable bonds is 10. The topological polar surface area (TPSA) is 167 Å². The van der Waals surface area contributed by atoms with Gasteiger partial charge in [-0.1, -0.05) is 30.3 Å². The molecule has 37 heavy (non-hydrogen) atoms. The number of fused-ring (bicyclic) bond motifs is 1. The van der Waals surface area contributed by atoms with E-state index in [1.807, 2.05) is 0 Å². The maximum absolute atomic E-state index is 12.9. The Kier molecular flexibility index (Phi) is 7.57. The lowest BCUT2D eigenvalue weighted by atomic mass is 10.1. The molecule has 2 heterocycles. The SMILES string of the molecule is O=C(NO)C(CCCN1C(=O)c2ccccc2C1=O)NS(=O)(=O)c1cc(S(=O)(=O)c2ccccc2)cs1. The third-order valence-corrected chi connectivity index (χ3v) is 10.5. The van der Waals surface area contributed by atoms with E-state index in [9.17, 15) is 31.2 Å². The highest BCUT2D eigenvalue weighted by atomic mass is 32.2. The lowest BCUT2D eigenvalue weighted by Gasteiger charge is -2.18. The summed E-state index contributed by atoms with van der Waals surface area (Å²) in [5.41, 5.74) is 1.92. The van der Waals surface area contributed by atoms with E-state index in [-0.39, 0.29) is 44.5 Å². The van der Waals surface area contributed by atoms with Gasteiger partial charge >= 0.3 is 0 Å². The fourth-order valence-corrected chi connectivity index (χ4v) is 7.93. The number of nitrogens with zero attached hydrogens (tertiary/aromatic N) is 1. The van der Waals surface area contributed by atoms with E-state index in [2.05, 4.69) is 4.72 Å². The van der Waals surface area contributed by atoms with Gasteiger partial charge in [-0.15, -0.1) is 11.3 Å². The minimum Gasteiger partial charge on any atom is -0.289 e. The molecule has 0 bridgehead atoms. The van der Waals surface area contributed by atoms with Gasteiger partial charge in [0.1, 0.15) is 10.3 Å². The molecule has 0 aliphatic carbocycles. The summed E-state index contributed by atoms with van der Waals surface area (Å²) in [6.07, 6.45) is -0.121. The molecule has 4 rings (SSSR count). The van der Waals surface area contributed by atoms with E-state index in [1.165, 1.54) is 35.1 Å². The van der Waals surface area contributed by atoms with Gasteiger partial charge in [-0.3, -0.25) is 24.5 Å². The van der Waals surface area contributed by atoms with E-state index in [4.69, 9.17) is 5.21 Å². The predicted octanol–water partition coefficient (Wildman–Crippen LogP) is 1.81. The van der Waals surface area contributed by atoms with Crippen LogP contribution in [0.3, 0.4) is 0 Å². The summed E-state index contributed by atoms with van der Waals surface area (Å²) in [5, 5.41) is 10.3. The Morgan fingerprint density at radius 3 is 2.11 bits per heavy atom. The Morgan fingerprint density at radius 1 is 0.919 bits per heavy atom. The van der Waals surface area contributed by atoms with Crippen LogP contribution < -0.4 is 10.2 Å². The molecule has 0 fully saturated rings. The van der Waals surface area contributed by atoms with Gasteiger partial charge in [-0.2, -0.15) is 4.72 Å². The number of benzene rings is 2. The molecule has 14 heteroatoms. The summed E-state index contributed by atoms with van der Waals surface area (Å²) in [6.45, 7) is -0.0816. The second-order valence-electron chi connectivity index (χ2n) is 8.02. The molecule has 0 radical (unpaired) electrons. The van der Waals surface area contributed by atoms with E-state index >= 15 is 0 Å². The first-order valence-electron chi connectivity index (χ1n) is 10.9. The fourth-order valence-electron chi connectivity index (χ4n) is 3.78. The van der Waals surface area contributed by atoms with Crippen LogP contribution in [0.1, 0.15) is 33.6 Å². The van der Waals surface area contributed by atoms with Crippen LogP contribution in [0.15, 0.2) is 80.0 Å². The fraction of sp³-hybridized carbons (Fsp3) is 0.174. The predicted molar refractivity (Wildman–Crippen MR) is 131 cm³/mol. The van der Waals surface area contributed by atoms with Crippen LogP contribution in [-0.4, -0.2) is 57.3 Å². The summed E-state index contributed by atoms with van der Waals surface area (Å²) in [4.78, 5) is 38.0. The van der Waals surface area contributed by atoms with Crippen LogP contribution >= 0.6 is 11.3 Å². The Bertz CT molecular complexity index is 1530. The molecule has 0 saturated heterocycles. The average molecular weight is 564 g/mol. The first-order chi connectivity index (χ1) is 17.6. The smallest absolute Gasteiger partial charge is 0.261 e. The lowest BCUT2D eigenvalue weighted by molar-refractivity contribution is -0.131. The Morgan fingerprint density at radius 2 is 1.51 bits per heavy atom. The zero-order valence-corrected chi connectivity index (χ0v) is 21.5. The van der Waals surface area contributed by atoms with Crippen LogP contribution in [0.2, 0.25) is 0 Å². The number of amides is 3. The monoisotopic (exact) mass is 563 g/mol. The summed E-state index contributed by atoms with van der Waals surface area (Å²) >= 11 is 0.656. The van der Waals surface area contributed by atoms with Crippen LogP contribution in [0.25, 0.3) is 0 Å². The average Bonchev–Trinajstić information content (AvgIpc) is 3.50. The summed E-state index contributed by atoms with van der Waals surface area (Å²) in [7, 11) is -8.32. The second kappa shape index (κ2) is 10.5. The molecule has 1 unspecified atom stereocenters. The van der Waals surface area contributed by atoms with Gasteiger partial charge in [0.05, 0.1) is 20.9 Å². The molecule has 3 amide bonds. The molecule has 11 nitrogen and oxygen atoms in total. The number of nitrogens with one attached hydrogen (secondary N) is 2. The molecule has 194 valence electrons. The number of carbonyl (C=O) groups excluding carboxylic acids is 3. The van der Waals surface area contributed by atoms with Gasteiger partial charge in [0.15, 0.2) is 0 Å². The highest BCUT2D eigenvalue weighted by molar-refractivity contribution is 7.93. The van der Waals surface area contributed by atoms with Crippen molar-refractivity contribution in [3.05, 3.63) is 77.2 Å². The summed E-state index contributed by atoms with van der Waals surface area (Å²) < 4.78 is 53.3. The number of hydrogen-bond donors (Lipinski definition) is 3. The Labute approximate surface area is 216 Å². The Balaban J connectivity index is 1.46. The maximum Gasteiger partial charge on any atom is 0.261 e. The van der Waals surface area contributed by atoms with Crippen molar-refractivity contribution in [3.8, 4) is 0 Å². The van der Waals surface area contributed by atoms with E-state index in [0.717, 1.165) is 11.0 Å². The maximum atomic E-state index is 12.9. The van der Waals surface area contributed by atoms with Gasteiger partial charge in [-0.05, 0) is 43.2 Å². The van der Waals surface area contributed by atoms with Gasteiger partial charge in [0, 0.05) is 11.9 Å². The third kappa shape index (κ3) is 5.33. The van der Waals surface area contributed by atoms with Crippen molar-refractivity contribution >= 4 is 48.9 Å². The highest BCUT2D eigenvalue weighted by Crippen LogP contribution is 2.28. The van der Waals surface area contributed by atoms with Crippen molar-refractivity contribution in [3.63, 3.8) is 0 Å². The molecule has 3 N–H and O–H groups in total. The van der Waals surface area contributed by atoms with Crippen molar-refractivity contribution in [2.75, 3.05) is 6.54 Å². The van der Waals surface area contributed by atoms with Crippen molar-refractivity contribution in [1.82, 2.24) is 15.1 Å². The van der Waals surface area contributed by atoms with Crippen LogP contribution in [0.4, 0.5) is 0 Å². The Hall–Kier alpha value is -3.43. The normalized spacial score (nSPS) is 14.5. The van der Waals surface area contributed by atoms with Crippen molar-refractivity contribution in [1.29, 1.82) is 0 Å². The molecule has 2 aromatic carbocycles. The van der Waals surface area contributed by atoms with Crippen molar-refractivity contribution < 1.29 is 36.4 Å². The molecule has 0 spiro atoms. The molecule has 1 aliphatic rings. The zero-order valence-electron chi connectivity index (χ0n) is 19.0. The first kappa shape index (κ1) is 26.6. The molecular weight excluding hydrogens is 542 g/mol. The molecular formula is C23H21N3O8S3. The number of hydrogen-bond acceptors (Lipinski definition) is 9. The van der Waals surface area contributed by atoms with Gasteiger partial charge in [-0.25, -0.2) is 22.3 Å². The van der Waals surface area contributed by atoms with Crippen molar-refractivity contribution in [2.24, 2.45) is 0 Å². The lowest BCUT2D eigenvalue weighted by Crippen LogP contribution is -2.46. The third-order valence-electron chi connectivity index (χ3n) is 5.66. The molecule has 3 aromatic rings. The van der Waals surface area contributed by atoms with Gasteiger partial charge in [0.2, 0.25) is 9.84 Å². The number of sulfone groups is 1. The minimum absolute atomic E-state index is 0.00426.